The van der Waals surface area contributed by atoms with Gasteiger partial charge in [0.25, 0.3) is 0 Å². The highest BCUT2D eigenvalue weighted by molar-refractivity contribution is 6.30. The molecule has 2 aromatic rings. The summed E-state index contributed by atoms with van der Waals surface area (Å²) < 4.78 is 0. The summed E-state index contributed by atoms with van der Waals surface area (Å²) in [5, 5.41) is 0.763. The van der Waals surface area contributed by atoms with Crippen molar-refractivity contribution in [2.45, 2.75) is 43.7 Å². The number of nitrogens with two attached hydrogens (primary N) is 1. The Morgan fingerprint density at radius 3 is 2.41 bits per heavy atom. The summed E-state index contributed by atoms with van der Waals surface area (Å²) >= 11 is 6.22. The maximum atomic E-state index is 13.0. The van der Waals surface area contributed by atoms with Crippen molar-refractivity contribution in [2.75, 3.05) is 19.6 Å². The van der Waals surface area contributed by atoms with Crippen LogP contribution in [0, 0.1) is 0 Å². The molecule has 2 N–H and O–H groups in total. The van der Waals surface area contributed by atoms with Crippen molar-refractivity contribution >= 4 is 30.0 Å². The number of rotatable bonds is 5. The van der Waals surface area contributed by atoms with Gasteiger partial charge >= 0.3 is 6.03 Å². The largest absolute Gasteiger partial charge is 0.330 e. The van der Waals surface area contributed by atoms with Crippen LogP contribution in [-0.2, 0) is 12.0 Å². The summed E-state index contributed by atoms with van der Waals surface area (Å²) in [5.74, 6) is 0. The van der Waals surface area contributed by atoms with Crippen molar-refractivity contribution in [3.05, 3.63) is 70.7 Å². The maximum Gasteiger partial charge on any atom is 0.320 e. The molecule has 4 rings (SSSR count). The van der Waals surface area contributed by atoms with Crippen LogP contribution in [0.4, 0.5) is 4.79 Å². The molecule has 29 heavy (non-hydrogen) atoms. The number of amides is 2. The Hall–Kier alpha value is -1.75. The van der Waals surface area contributed by atoms with Gasteiger partial charge in [0.05, 0.1) is 0 Å². The summed E-state index contributed by atoms with van der Waals surface area (Å²) in [7, 11) is 0. The van der Waals surface area contributed by atoms with Gasteiger partial charge in [-0.25, -0.2) is 4.79 Å². The van der Waals surface area contributed by atoms with Gasteiger partial charge in [-0.15, -0.1) is 12.4 Å². The lowest BCUT2D eigenvalue weighted by Gasteiger charge is -2.42. The first kappa shape index (κ1) is 21.9. The quantitative estimate of drug-likeness (QED) is 0.732. The van der Waals surface area contributed by atoms with Crippen LogP contribution >= 0.6 is 24.0 Å². The van der Waals surface area contributed by atoms with E-state index in [1.807, 2.05) is 35.2 Å². The summed E-state index contributed by atoms with van der Waals surface area (Å²) in [5.41, 5.74) is 8.62. The normalized spacial score (nSPS) is 24.5. The number of hydrogen-bond donors (Lipinski definition) is 1. The molecule has 1 aliphatic heterocycles. The van der Waals surface area contributed by atoms with Crippen LogP contribution in [-0.4, -0.2) is 41.5 Å². The van der Waals surface area contributed by atoms with Gasteiger partial charge in [-0.3, -0.25) is 0 Å². The van der Waals surface area contributed by atoms with Crippen LogP contribution in [0.25, 0.3) is 0 Å². The van der Waals surface area contributed by atoms with E-state index in [0.717, 1.165) is 43.8 Å². The van der Waals surface area contributed by atoms with Crippen LogP contribution in [0.1, 0.15) is 36.8 Å². The molecule has 1 heterocycles. The fraction of sp³-hybridized carbons (Fsp3) is 0.435. The van der Waals surface area contributed by atoms with E-state index in [1.165, 1.54) is 11.1 Å². The van der Waals surface area contributed by atoms with E-state index in [1.54, 1.807) is 0 Å². The fourth-order valence-corrected chi connectivity index (χ4v) is 4.98. The van der Waals surface area contributed by atoms with E-state index in [9.17, 15) is 4.79 Å². The fourth-order valence-electron chi connectivity index (χ4n) is 4.79. The summed E-state index contributed by atoms with van der Waals surface area (Å²) in [6.45, 7) is 2.94. The Bertz CT molecular complexity index is 822. The summed E-state index contributed by atoms with van der Waals surface area (Å²) in [4.78, 5) is 17.0. The number of carbonyl (C=O) groups excluding carboxylic acids is 1. The van der Waals surface area contributed by atoms with Crippen molar-refractivity contribution in [2.24, 2.45) is 5.73 Å². The molecule has 0 spiro atoms. The monoisotopic (exact) mass is 433 g/mol. The number of nitrogens with zero attached hydrogens (tertiary/aromatic N) is 2. The second-order valence-electron chi connectivity index (χ2n) is 8.11. The van der Waals surface area contributed by atoms with Crippen LogP contribution < -0.4 is 5.73 Å². The average Bonchev–Trinajstić information content (AvgIpc) is 3.09. The summed E-state index contributed by atoms with van der Waals surface area (Å²) in [6.07, 6.45) is 3.98. The second kappa shape index (κ2) is 9.38. The Labute approximate surface area is 184 Å². The molecule has 1 saturated heterocycles. The Kier molecular flexibility index (Phi) is 7.10. The van der Waals surface area contributed by atoms with E-state index in [2.05, 4.69) is 29.2 Å². The molecule has 6 heteroatoms. The minimum absolute atomic E-state index is 0. The zero-order chi connectivity index (χ0) is 19.6. The smallest absolute Gasteiger partial charge is 0.320 e. The molecule has 156 valence electrons. The molecule has 0 bridgehead atoms. The molecule has 0 unspecified atom stereocenters. The van der Waals surface area contributed by atoms with Crippen molar-refractivity contribution < 1.29 is 4.79 Å². The molecule has 0 radical (unpaired) electrons. The molecule has 0 atom stereocenters. The number of halogens is 2. The third-order valence-corrected chi connectivity index (χ3v) is 6.76. The van der Waals surface area contributed by atoms with Crippen LogP contribution in [0.3, 0.4) is 0 Å². The lowest BCUT2D eigenvalue weighted by atomic mass is 9.68. The van der Waals surface area contributed by atoms with Gasteiger partial charge in [-0.05, 0) is 48.9 Å². The van der Waals surface area contributed by atoms with Gasteiger partial charge in [-0.1, -0.05) is 54.1 Å². The lowest BCUT2D eigenvalue weighted by Crippen LogP contribution is -2.46. The zero-order valence-electron chi connectivity index (χ0n) is 16.6. The van der Waals surface area contributed by atoms with Gasteiger partial charge in [0, 0.05) is 42.7 Å². The van der Waals surface area contributed by atoms with Crippen molar-refractivity contribution in [3.63, 3.8) is 0 Å². The molecular weight excluding hydrogens is 405 g/mol. The van der Waals surface area contributed by atoms with Crippen LogP contribution in [0.5, 0.6) is 0 Å². The number of benzene rings is 2. The SMILES string of the molecule is Cl.NCC1(c2cccc(Cl)c2)CCC(N2CCN(Cc3ccccc3)C2=O)CC1. The number of carbonyl (C=O) groups is 1. The Morgan fingerprint density at radius 1 is 1.03 bits per heavy atom. The Morgan fingerprint density at radius 2 is 1.76 bits per heavy atom. The van der Waals surface area contributed by atoms with Crippen molar-refractivity contribution in [3.8, 4) is 0 Å². The molecule has 2 amide bonds. The van der Waals surface area contributed by atoms with Crippen LogP contribution in [0.2, 0.25) is 5.02 Å². The molecule has 1 saturated carbocycles. The maximum absolute atomic E-state index is 13.0. The highest BCUT2D eigenvalue weighted by Crippen LogP contribution is 2.41. The van der Waals surface area contributed by atoms with Crippen molar-refractivity contribution in [1.82, 2.24) is 9.80 Å². The predicted molar refractivity (Wildman–Crippen MR) is 121 cm³/mol. The highest BCUT2D eigenvalue weighted by Gasteiger charge is 2.41. The third kappa shape index (κ3) is 4.55. The number of hydrogen-bond acceptors (Lipinski definition) is 2. The minimum atomic E-state index is -0.0199. The molecule has 2 aliphatic rings. The van der Waals surface area contributed by atoms with Crippen LogP contribution in [0.15, 0.2) is 54.6 Å². The molecule has 2 fully saturated rings. The van der Waals surface area contributed by atoms with E-state index < -0.39 is 0 Å². The summed E-state index contributed by atoms with van der Waals surface area (Å²) in [6, 6.07) is 18.8. The van der Waals surface area contributed by atoms with Gasteiger partial charge in [0.2, 0.25) is 0 Å². The molecule has 0 aromatic heterocycles. The molecule has 1 aliphatic carbocycles. The first-order chi connectivity index (χ1) is 13.6. The van der Waals surface area contributed by atoms with Gasteiger partial charge < -0.3 is 15.5 Å². The topological polar surface area (TPSA) is 49.6 Å². The molecular formula is C23H29Cl2N3O. The first-order valence-corrected chi connectivity index (χ1v) is 10.5. The zero-order valence-corrected chi connectivity index (χ0v) is 18.2. The first-order valence-electron chi connectivity index (χ1n) is 10.2. The standard InChI is InChI=1S/C23H28ClN3O.ClH/c24-20-8-4-7-19(15-20)23(17-25)11-9-21(10-12-23)27-14-13-26(22(27)28)16-18-5-2-1-3-6-18;/h1-8,15,21H,9-14,16-17,25H2;1H. The van der Waals surface area contributed by atoms with E-state index in [0.29, 0.717) is 19.1 Å². The van der Waals surface area contributed by atoms with Gasteiger partial charge in [0.15, 0.2) is 0 Å². The van der Waals surface area contributed by atoms with Gasteiger partial charge in [-0.2, -0.15) is 0 Å². The van der Waals surface area contributed by atoms with Gasteiger partial charge in [0.1, 0.15) is 0 Å². The molecule has 4 nitrogen and oxygen atoms in total. The number of urea groups is 1. The minimum Gasteiger partial charge on any atom is -0.330 e. The predicted octanol–water partition coefficient (Wildman–Crippen LogP) is 4.84. The second-order valence-corrected chi connectivity index (χ2v) is 8.55. The lowest BCUT2D eigenvalue weighted by molar-refractivity contribution is 0.144. The van der Waals surface area contributed by atoms with Crippen molar-refractivity contribution in [1.29, 1.82) is 0 Å². The average molecular weight is 434 g/mol. The van der Waals surface area contributed by atoms with E-state index in [-0.39, 0.29) is 23.9 Å². The molecule has 2 aromatic carbocycles. The third-order valence-electron chi connectivity index (χ3n) is 6.52. The van der Waals surface area contributed by atoms with E-state index in [4.69, 9.17) is 17.3 Å². The highest BCUT2D eigenvalue weighted by atomic mass is 35.5. The van der Waals surface area contributed by atoms with E-state index >= 15 is 0 Å². The Balaban J connectivity index is 0.00000240.